The lowest BCUT2D eigenvalue weighted by atomic mass is 10.1. The van der Waals surface area contributed by atoms with E-state index in [-0.39, 0.29) is 41.7 Å². The molecule has 3 rings (SSSR count). The molecule has 2 aromatic carbocycles. The van der Waals surface area contributed by atoms with E-state index in [1.807, 2.05) is 0 Å². The zero-order valence-corrected chi connectivity index (χ0v) is 19.7. The molecule has 0 radical (unpaired) electrons. The predicted octanol–water partition coefficient (Wildman–Crippen LogP) is 4.69. The van der Waals surface area contributed by atoms with Crippen molar-refractivity contribution in [1.29, 1.82) is 0 Å². The number of esters is 1. The van der Waals surface area contributed by atoms with Crippen LogP contribution in [0.2, 0.25) is 5.02 Å². The average Bonchev–Trinajstić information content (AvgIpc) is 3.03. The average molecular weight is 507 g/mol. The standard InChI is InChI=1S/C22H19ClN2O8S/c1-3-31-20-17(33-13(2)26)9-8-14(19(20)25(29)30)12-18-21(27)24(22(28)34-18)10-11-32-16-7-5-4-6-15(16)23/h4-9,12H,3,10-11H2,1-2H3/b18-12-. The summed E-state index contributed by atoms with van der Waals surface area (Å²) in [6.45, 7) is 2.82. The summed E-state index contributed by atoms with van der Waals surface area (Å²) < 4.78 is 15.9. The lowest BCUT2D eigenvalue weighted by Crippen LogP contribution is -2.32. The Hall–Kier alpha value is -3.57. The van der Waals surface area contributed by atoms with Crippen molar-refractivity contribution in [3.05, 3.63) is 62.0 Å². The van der Waals surface area contributed by atoms with Crippen molar-refractivity contribution in [3.63, 3.8) is 0 Å². The molecule has 0 spiro atoms. The highest BCUT2D eigenvalue weighted by Crippen LogP contribution is 2.42. The molecule has 0 unspecified atom stereocenters. The molecule has 1 heterocycles. The van der Waals surface area contributed by atoms with E-state index in [9.17, 15) is 24.5 Å². The van der Waals surface area contributed by atoms with Crippen molar-refractivity contribution in [2.75, 3.05) is 19.8 Å². The fourth-order valence-electron chi connectivity index (χ4n) is 3.03. The number of nitro benzene ring substituents is 1. The number of hydrogen-bond acceptors (Lipinski definition) is 9. The van der Waals surface area contributed by atoms with Crippen molar-refractivity contribution in [2.24, 2.45) is 0 Å². The number of rotatable bonds is 9. The van der Waals surface area contributed by atoms with Crippen LogP contribution >= 0.6 is 23.4 Å². The van der Waals surface area contributed by atoms with Crippen LogP contribution in [0.3, 0.4) is 0 Å². The number of halogens is 1. The molecule has 0 bridgehead atoms. The predicted molar refractivity (Wildman–Crippen MR) is 125 cm³/mol. The van der Waals surface area contributed by atoms with Gasteiger partial charge in [0.15, 0.2) is 5.75 Å². The molecule has 34 heavy (non-hydrogen) atoms. The molecular weight excluding hydrogens is 488 g/mol. The highest BCUT2D eigenvalue weighted by molar-refractivity contribution is 8.18. The Morgan fingerprint density at radius 3 is 2.56 bits per heavy atom. The van der Waals surface area contributed by atoms with E-state index in [2.05, 4.69) is 0 Å². The van der Waals surface area contributed by atoms with Gasteiger partial charge in [-0.25, -0.2) is 0 Å². The number of carbonyl (C=O) groups excluding carboxylic acids is 3. The van der Waals surface area contributed by atoms with Crippen molar-refractivity contribution in [1.82, 2.24) is 4.90 Å². The van der Waals surface area contributed by atoms with Crippen molar-refractivity contribution < 1.29 is 33.5 Å². The summed E-state index contributed by atoms with van der Waals surface area (Å²) in [6.07, 6.45) is 1.23. The summed E-state index contributed by atoms with van der Waals surface area (Å²) in [7, 11) is 0. The molecule has 178 valence electrons. The third kappa shape index (κ3) is 5.67. The Labute approximate surface area is 203 Å². The van der Waals surface area contributed by atoms with E-state index in [0.29, 0.717) is 22.5 Å². The van der Waals surface area contributed by atoms with Gasteiger partial charge in [0.1, 0.15) is 12.4 Å². The first-order chi connectivity index (χ1) is 16.2. The minimum absolute atomic E-state index is 0.00599. The summed E-state index contributed by atoms with van der Waals surface area (Å²) >= 11 is 6.67. The molecule has 0 aliphatic carbocycles. The summed E-state index contributed by atoms with van der Waals surface area (Å²) in [6, 6.07) is 9.42. The number of para-hydroxylation sites is 1. The SMILES string of the molecule is CCOc1c(OC(C)=O)ccc(/C=C2\SC(=O)N(CCOc3ccccc3Cl)C2=O)c1[N+](=O)[O-]. The van der Waals surface area contributed by atoms with Crippen LogP contribution in [0.4, 0.5) is 10.5 Å². The number of ether oxygens (including phenoxy) is 3. The van der Waals surface area contributed by atoms with Gasteiger partial charge in [-0.3, -0.25) is 29.4 Å². The number of carbonyl (C=O) groups is 3. The maximum Gasteiger partial charge on any atom is 0.322 e. The van der Waals surface area contributed by atoms with Gasteiger partial charge in [-0.15, -0.1) is 0 Å². The first-order valence-corrected chi connectivity index (χ1v) is 11.2. The first kappa shape index (κ1) is 25.1. The van der Waals surface area contributed by atoms with E-state index in [1.165, 1.54) is 18.2 Å². The molecule has 2 amide bonds. The van der Waals surface area contributed by atoms with E-state index in [0.717, 1.165) is 11.8 Å². The van der Waals surface area contributed by atoms with Crippen LogP contribution in [-0.2, 0) is 9.59 Å². The van der Waals surface area contributed by atoms with Gasteiger partial charge in [-0.05, 0) is 49.0 Å². The summed E-state index contributed by atoms with van der Waals surface area (Å²) in [4.78, 5) is 48.6. The maximum atomic E-state index is 12.8. The second kappa shape index (κ2) is 11.0. The van der Waals surface area contributed by atoms with E-state index < -0.39 is 27.7 Å². The van der Waals surface area contributed by atoms with E-state index in [1.54, 1.807) is 31.2 Å². The van der Waals surface area contributed by atoms with E-state index >= 15 is 0 Å². The number of thioether (sulfide) groups is 1. The second-order valence-electron chi connectivity index (χ2n) is 6.73. The maximum absolute atomic E-state index is 12.8. The Balaban J connectivity index is 1.84. The zero-order valence-electron chi connectivity index (χ0n) is 18.1. The normalized spacial score (nSPS) is 14.4. The van der Waals surface area contributed by atoms with Gasteiger partial charge >= 0.3 is 11.7 Å². The van der Waals surface area contributed by atoms with Crippen LogP contribution in [0.5, 0.6) is 17.2 Å². The Kier molecular flexibility index (Phi) is 8.13. The van der Waals surface area contributed by atoms with Crippen LogP contribution in [0, 0.1) is 10.1 Å². The number of imide groups is 1. The molecule has 1 aliphatic rings. The van der Waals surface area contributed by atoms with Crippen LogP contribution < -0.4 is 14.2 Å². The second-order valence-corrected chi connectivity index (χ2v) is 8.13. The number of nitrogens with zero attached hydrogens (tertiary/aromatic N) is 2. The number of benzene rings is 2. The molecule has 0 atom stereocenters. The van der Waals surface area contributed by atoms with Gasteiger partial charge in [-0.2, -0.15) is 0 Å². The number of nitro groups is 1. The number of hydrogen-bond donors (Lipinski definition) is 0. The minimum atomic E-state index is -0.703. The van der Waals surface area contributed by atoms with Crippen molar-refractivity contribution in [3.8, 4) is 17.2 Å². The van der Waals surface area contributed by atoms with Crippen molar-refractivity contribution in [2.45, 2.75) is 13.8 Å². The molecule has 0 N–H and O–H groups in total. The fraction of sp³-hybridized carbons (Fsp3) is 0.227. The number of amides is 2. The minimum Gasteiger partial charge on any atom is -0.490 e. The van der Waals surface area contributed by atoms with Gasteiger partial charge in [0.05, 0.1) is 33.6 Å². The molecule has 1 saturated heterocycles. The Morgan fingerprint density at radius 2 is 1.91 bits per heavy atom. The van der Waals surface area contributed by atoms with Gasteiger partial charge in [0.25, 0.3) is 11.1 Å². The molecular formula is C22H19ClN2O8S. The largest absolute Gasteiger partial charge is 0.490 e. The fourth-order valence-corrected chi connectivity index (χ4v) is 4.08. The molecule has 12 heteroatoms. The van der Waals surface area contributed by atoms with Gasteiger partial charge in [-0.1, -0.05) is 23.7 Å². The summed E-state index contributed by atoms with van der Waals surface area (Å²) in [5.41, 5.74) is -0.475. The van der Waals surface area contributed by atoms with Crippen LogP contribution in [-0.4, -0.2) is 46.7 Å². The van der Waals surface area contributed by atoms with Gasteiger partial charge < -0.3 is 14.2 Å². The Morgan fingerprint density at radius 1 is 1.18 bits per heavy atom. The quantitative estimate of drug-likeness (QED) is 0.156. The van der Waals surface area contributed by atoms with Crippen LogP contribution in [0.1, 0.15) is 19.4 Å². The third-order valence-electron chi connectivity index (χ3n) is 4.42. The summed E-state index contributed by atoms with van der Waals surface area (Å²) in [5, 5.41) is 11.7. The molecule has 1 fully saturated rings. The van der Waals surface area contributed by atoms with Crippen molar-refractivity contribution >= 4 is 52.2 Å². The molecule has 1 aliphatic heterocycles. The lowest BCUT2D eigenvalue weighted by Gasteiger charge is -2.14. The van der Waals surface area contributed by atoms with Gasteiger partial charge in [0, 0.05) is 6.92 Å². The van der Waals surface area contributed by atoms with E-state index in [4.69, 9.17) is 25.8 Å². The molecule has 10 nitrogen and oxygen atoms in total. The monoisotopic (exact) mass is 506 g/mol. The lowest BCUT2D eigenvalue weighted by molar-refractivity contribution is -0.386. The first-order valence-electron chi connectivity index (χ1n) is 9.98. The topological polar surface area (TPSA) is 125 Å². The van der Waals surface area contributed by atoms with Crippen LogP contribution in [0.15, 0.2) is 41.3 Å². The Bertz CT molecular complexity index is 1180. The smallest absolute Gasteiger partial charge is 0.322 e. The zero-order chi connectivity index (χ0) is 24.8. The highest BCUT2D eigenvalue weighted by Gasteiger charge is 2.36. The third-order valence-corrected chi connectivity index (χ3v) is 5.64. The van der Waals surface area contributed by atoms with Gasteiger partial charge in [0.2, 0.25) is 5.75 Å². The molecule has 0 aromatic heterocycles. The van der Waals surface area contributed by atoms with Crippen LogP contribution in [0.25, 0.3) is 6.08 Å². The summed E-state index contributed by atoms with van der Waals surface area (Å²) in [5.74, 6) is -1.25. The highest BCUT2D eigenvalue weighted by atomic mass is 35.5. The molecule has 0 saturated carbocycles. The molecule has 2 aromatic rings.